The summed E-state index contributed by atoms with van der Waals surface area (Å²) >= 11 is 3.53. The van der Waals surface area contributed by atoms with Crippen molar-refractivity contribution in [3.63, 3.8) is 0 Å². The van der Waals surface area contributed by atoms with Gasteiger partial charge in [0, 0.05) is 42.4 Å². The first kappa shape index (κ1) is 13.8. The number of anilines is 1. The maximum atomic E-state index is 3.53. The first-order chi connectivity index (χ1) is 8.66. The van der Waals surface area contributed by atoms with Gasteiger partial charge in [-0.3, -0.25) is 0 Å². The van der Waals surface area contributed by atoms with Crippen LogP contribution in [0.4, 0.5) is 5.69 Å². The number of hydrogen-bond donors (Lipinski definition) is 2. The standard InChI is InChI=1S/C14H22BrN3/c1-11-9-12(3-4-14(11)15)17-6-5-13-10-16-7-8-18(13)2/h3-4,9,13,16-17H,5-8,10H2,1-2H3. The van der Waals surface area contributed by atoms with Gasteiger partial charge in [-0.25, -0.2) is 0 Å². The van der Waals surface area contributed by atoms with Crippen LogP contribution in [0.2, 0.25) is 0 Å². The van der Waals surface area contributed by atoms with Crippen molar-refractivity contribution in [2.24, 2.45) is 0 Å². The highest BCUT2D eigenvalue weighted by Gasteiger charge is 2.17. The quantitative estimate of drug-likeness (QED) is 0.894. The van der Waals surface area contributed by atoms with E-state index in [2.05, 4.69) is 63.6 Å². The molecule has 4 heteroatoms. The van der Waals surface area contributed by atoms with Gasteiger partial charge in [0.15, 0.2) is 0 Å². The zero-order valence-electron chi connectivity index (χ0n) is 11.2. The Kier molecular flexibility index (Phi) is 5.03. The third kappa shape index (κ3) is 3.70. The van der Waals surface area contributed by atoms with Crippen molar-refractivity contribution in [2.45, 2.75) is 19.4 Å². The summed E-state index contributed by atoms with van der Waals surface area (Å²) in [6.45, 7) is 6.53. The maximum Gasteiger partial charge on any atom is 0.0343 e. The van der Waals surface area contributed by atoms with E-state index in [9.17, 15) is 0 Å². The second kappa shape index (κ2) is 6.55. The Morgan fingerprint density at radius 1 is 1.50 bits per heavy atom. The number of piperazine rings is 1. The molecule has 2 N–H and O–H groups in total. The smallest absolute Gasteiger partial charge is 0.0343 e. The highest BCUT2D eigenvalue weighted by molar-refractivity contribution is 9.10. The van der Waals surface area contributed by atoms with Gasteiger partial charge in [-0.15, -0.1) is 0 Å². The van der Waals surface area contributed by atoms with Gasteiger partial charge in [0.25, 0.3) is 0 Å². The van der Waals surface area contributed by atoms with Crippen LogP contribution in [-0.2, 0) is 0 Å². The minimum Gasteiger partial charge on any atom is -0.385 e. The average Bonchev–Trinajstić information content (AvgIpc) is 2.36. The van der Waals surface area contributed by atoms with Crippen LogP contribution in [0.3, 0.4) is 0 Å². The Morgan fingerprint density at radius 2 is 2.33 bits per heavy atom. The molecule has 0 spiro atoms. The average molecular weight is 312 g/mol. The number of nitrogens with one attached hydrogen (secondary N) is 2. The van der Waals surface area contributed by atoms with E-state index in [4.69, 9.17) is 0 Å². The maximum absolute atomic E-state index is 3.53. The van der Waals surface area contributed by atoms with Crippen molar-refractivity contribution < 1.29 is 0 Å². The molecule has 0 radical (unpaired) electrons. The second-order valence-electron chi connectivity index (χ2n) is 5.02. The third-order valence-electron chi connectivity index (χ3n) is 3.61. The second-order valence-corrected chi connectivity index (χ2v) is 5.87. The molecule has 0 bridgehead atoms. The Hall–Kier alpha value is -0.580. The molecule has 1 aromatic carbocycles. The van der Waals surface area contributed by atoms with Crippen LogP contribution in [0.5, 0.6) is 0 Å². The molecule has 18 heavy (non-hydrogen) atoms. The van der Waals surface area contributed by atoms with Gasteiger partial charge in [-0.1, -0.05) is 15.9 Å². The first-order valence-corrected chi connectivity index (χ1v) is 7.37. The Morgan fingerprint density at radius 3 is 3.06 bits per heavy atom. The molecule has 1 aliphatic rings. The van der Waals surface area contributed by atoms with Crippen molar-refractivity contribution in [3.05, 3.63) is 28.2 Å². The summed E-state index contributed by atoms with van der Waals surface area (Å²) in [7, 11) is 2.22. The van der Waals surface area contributed by atoms with Crippen LogP contribution in [0.25, 0.3) is 0 Å². The van der Waals surface area contributed by atoms with Gasteiger partial charge in [0.2, 0.25) is 0 Å². The SMILES string of the molecule is Cc1cc(NCCC2CNCCN2C)ccc1Br. The van der Waals surface area contributed by atoms with Gasteiger partial charge in [0.1, 0.15) is 0 Å². The summed E-state index contributed by atoms with van der Waals surface area (Å²) in [5, 5.41) is 6.96. The minimum atomic E-state index is 0.655. The van der Waals surface area contributed by atoms with Crippen molar-refractivity contribution in [2.75, 3.05) is 38.5 Å². The monoisotopic (exact) mass is 311 g/mol. The summed E-state index contributed by atoms with van der Waals surface area (Å²) in [6.07, 6.45) is 1.18. The molecule has 3 nitrogen and oxygen atoms in total. The van der Waals surface area contributed by atoms with E-state index in [0.29, 0.717) is 6.04 Å². The zero-order chi connectivity index (χ0) is 13.0. The van der Waals surface area contributed by atoms with Gasteiger partial charge in [-0.05, 0) is 44.2 Å². The number of nitrogens with zero attached hydrogens (tertiary/aromatic N) is 1. The van der Waals surface area contributed by atoms with Gasteiger partial charge < -0.3 is 15.5 Å². The van der Waals surface area contributed by atoms with Gasteiger partial charge in [-0.2, -0.15) is 0 Å². The van der Waals surface area contributed by atoms with Crippen molar-refractivity contribution in [1.29, 1.82) is 0 Å². The fourth-order valence-corrected chi connectivity index (χ4v) is 2.57. The number of hydrogen-bond acceptors (Lipinski definition) is 3. The molecule has 1 atom stereocenters. The van der Waals surface area contributed by atoms with Crippen LogP contribution in [-0.4, -0.2) is 44.2 Å². The fourth-order valence-electron chi connectivity index (χ4n) is 2.32. The number of likely N-dealkylation sites (N-methyl/N-ethyl adjacent to an activating group) is 1. The normalized spacial score (nSPS) is 20.9. The summed E-state index contributed by atoms with van der Waals surface area (Å²) in [4.78, 5) is 2.45. The predicted molar refractivity (Wildman–Crippen MR) is 81.3 cm³/mol. The van der Waals surface area contributed by atoms with E-state index in [1.54, 1.807) is 0 Å². The molecule has 0 aliphatic carbocycles. The molecule has 100 valence electrons. The molecule has 1 saturated heterocycles. The van der Waals surface area contributed by atoms with E-state index >= 15 is 0 Å². The molecular formula is C14H22BrN3. The highest BCUT2D eigenvalue weighted by atomic mass is 79.9. The number of halogens is 1. The molecule has 2 rings (SSSR count). The van der Waals surface area contributed by atoms with Crippen LogP contribution in [0.15, 0.2) is 22.7 Å². The lowest BCUT2D eigenvalue weighted by Gasteiger charge is -2.33. The van der Waals surface area contributed by atoms with E-state index < -0.39 is 0 Å². The number of aryl methyl sites for hydroxylation is 1. The van der Waals surface area contributed by atoms with Crippen LogP contribution in [0, 0.1) is 6.92 Å². The largest absolute Gasteiger partial charge is 0.385 e. The molecule has 0 saturated carbocycles. The minimum absolute atomic E-state index is 0.655. The molecular weight excluding hydrogens is 290 g/mol. The van der Waals surface area contributed by atoms with Crippen LogP contribution < -0.4 is 10.6 Å². The van der Waals surface area contributed by atoms with Crippen molar-refractivity contribution in [1.82, 2.24) is 10.2 Å². The van der Waals surface area contributed by atoms with E-state index in [-0.39, 0.29) is 0 Å². The van der Waals surface area contributed by atoms with Gasteiger partial charge in [0.05, 0.1) is 0 Å². The lowest BCUT2D eigenvalue weighted by Crippen LogP contribution is -2.49. The lowest BCUT2D eigenvalue weighted by molar-refractivity contribution is 0.194. The van der Waals surface area contributed by atoms with Crippen LogP contribution >= 0.6 is 15.9 Å². The molecule has 1 fully saturated rings. The van der Waals surface area contributed by atoms with E-state index in [1.165, 1.54) is 22.1 Å². The fraction of sp³-hybridized carbons (Fsp3) is 0.571. The molecule has 1 aliphatic heterocycles. The lowest BCUT2D eigenvalue weighted by atomic mass is 10.1. The van der Waals surface area contributed by atoms with Crippen molar-refractivity contribution in [3.8, 4) is 0 Å². The molecule has 1 heterocycles. The predicted octanol–water partition coefficient (Wildman–Crippen LogP) is 2.46. The topological polar surface area (TPSA) is 27.3 Å². The molecule has 1 aromatic rings. The summed E-state index contributed by atoms with van der Waals surface area (Å²) in [6, 6.07) is 7.07. The molecule has 1 unspecified atom stereocenters. The highest BCUT2D eigenvalue weighted by Crippen LogP contribution is 2.20. The number of benzene rings is 1. The Labute approximate surface area is 118 Å². The summed E-state index contributed by atoms with van der Waals surface area (Å²) in [5.41, 5.74) is 2.48. The zero-order valence-corrected chi connectivity index (χ0v) is 12.8. The van der Waals surface area contributed by atoms with Crippen LogP contribution in [0.1, 0.15) is 12.0 Å². The first-order valence-electron chi connectivity index (χ1n) is 6.58. The summed E-state index contributed by atoms with van der Waals surface area (Å²) < 4.78 is 1.17. The Balaban J connectivity index is 1.79. The van der Waals surface area contributed by atoms with E-state index in [1.807, 2.05) is 0 Å². The molecule has 0 amide bonds. The van der Waals surface area contributed by atoms with Crippen molar-refractivity contribution >= 4 is 21.6 Å². The molecule has 0 aromatic heterocycles. The van der Waals surface area contributed by atoms with E-state index in [0.717, 1.165) is 26.2 Å². The summed E-state index contributed by atoms with van der Waals surface area (Å²) in [5.74, 6) is 0. The third-order valence-corrected chi connectivity index (χ3v) is 4.50. The number of rotatable bonds is 4. The van der Waals surface area contributed by atoms with Gasteiger partial charge >= 0.3 is 0 Å². The Bertz CT molecular complexity index is 395.